The molecule has 5 heteroatoms. The zero-order valence-corrected chi connectivity index (χ0v) is 13.2. The number of hydrogen-bond donors (Lipinski definition) is 1. The molecular weight excluding hydrogens is 296 g/mol. The molecule has 1 N–H and O–H groups in total. The largest absolute Gasteiger partial charge is 0.390 e. The maximum atomic E-state index is 9.99. The average molecular weight is 319 g/mol. The molecule has 1 aromatic rings. The van der Waals surface area contributed by atoms with Crippen LogP contribution in [0.2, 0.25) is 0 Å². The lowest BCUT2D eigenvalue weighted by molar-refractivity contribution is 0.00544. The average Bonchev–Trinajstić information content (AvgIpc) is 2.63. The Hall–Kier alpha value is -0.390. The second-order valence-corrected chi connectivity index (χ2v) is 5.41. The van der Waals surface area contributed by atoms with Gasteiger partial charge in [0.05, 0.1) is 34.7 Å². The van der Waals surface area contributed by atoms with Crippen LogP contribution in [0.5, 0.6) is 0 Å². The van der Waals surface area contributed by atoms with Crippen molar-refractivity contribution in [1.82, 2.24) is 9.78 Å². The van der Waals surface area contributed by atoms with Gasteiger partial charge in [0.15, 0.2) is 0 Å². The molecule has 4 nitrogen and oxygen atoms in total. The lowest BCUT2D eigenvalue weighted by atomic mass is 10.2. The first-order chi connectivity index (χ1) is 8.49. The van der Waals surface area contributed by atoms with E-state index in [4.69, 9.17) is 4.74 Å². The van der Waals surface area contributed by atoms with Crippen LogP contribution in [0, 0.1) is 0 Å². The summed E-state index contributed by atoms with van der Waals surface area (Å²) >= 11 is 3.58. The minimum atomic E-state index is -0.490. The van der Waals surface area contributed by atoms with Crippen molar-refractivity contribution >= 4 is 15.9 Å². The highest BCUT2D eigenvalue weighted by atomic mass is 79.9. The molecule has 18 heavy (non-hydrogen) atoms. The molecule has 0 saturated heterocycles. The van der Waals surface area contributed by atoms with Gasteiger partial charge in [0.1, 0.15) is 0 Å². The minimum Gasteiger partial charge on any atom is -0.390 e. The van der Waals surface area contributed by atoms with Crippen LogP contribution >= 0.6 is 15.9 Å². The van der Waals surface area contributed by atoms with Gasteiger partial charge in [-0.15, -0.1) is 0 Å². The van der Waals surface area contributed by atoms with E-state index in [2.05, 4.69) is 34.9 Å². The third-order valence-electron chi connectivity index (χ3n) is 2.75. The molecule has 0 aliphatic heterocycles. The summed E-state index contributed by atoms with van der Waals surface area (Å²) in [5.41, 5.74) is 2.10. The molecule has 1 unspecified atom stereocenters. The predicted molar refractivity (Wildman–Crippen MR) is 75.8 cm³/mol. The number of aliphatic hydroxyl groups is 1. The molecule has 0 saturated carbocycles. The zero-order valence-electron chi connectivity index (χ0n) is 11.6. The molecule has 1 atom stereocenters. The number of nitrogens with zero attached hydrogens (tertiary/aromatic N) is 2. The predicted octanol–water partition coefficient (Wildman–Crippen LogP) is 2.56. The molecule has 0 aromatic carbocycles. The van der Waals surface area contributed by atoms with E-state index >= 15 is 0 Å². The van der Waals surface area contributed by atoms with Crippen molar-refractivity contribution in [3.05, 3.63) is 15.9 Å². The zero-order chi connectivity index (χ0) is 13.7. The molecule has 0 bridgehead atoms. The molecular formula is C13H23BrN2O2. The summed E-state index contributed by atoms with van der Waals surface area (Å²) in [6.45, 7) is 9.24. The van der Waals surface area contributed by atoms with Gasteiger partial charge in [-0.2, -0.15) is 5.10 Å². The molecule has 104 valence electrons. The smallest absolute Gasteiger partial charge is 0.0829 e. The second kappa shape index (κ2) is 7.26. The van der Waals surface area contributed by atoms with E-state index in [1.807, 2.05) is 18.5 Å². The number of aromatic nitrogens is 2. The highest BCUT2D eigenvalue weighted by molar-refractivity contribution is 9.10. The van der Waals surface area contributed by atoms with Gasteiger partial charge >= 0.3 is 0 Å². The molecule has 1 aromatic heterocycles. The molecule has 0 spiro atoms. The number of halogens is 1. The summed E-state index contributed by atoms with van der Waals surface area (Å²) in [4.78, 5) is 0. The van der Waals surface area contributed by atoms with E-state index in [9.17, 15) is 5.11 Å². The van der Waals surface area contributed by atoms with E-state index in [0.717, 1.165) is 28.8 Å². The van der Waals surface area contributed by atoms with Crippen LogP contribution < -0.4 is 0 Å². The Morgan fingerprint density at radius 2 is 2.06 bits per heavy atom. The fourth-order valence-electron chi connectivity index (χ4n) is 1.80. The Bertz CT molecular complexity index is 377. The molecule has 0 aliphatic rings. The molecule has 0 fully saturated rings. The number of aryl methyl sites for hydroxylation is 2. The summed E-state index contributed by atoms with van der Waals surface area (Å²) in [5.74, 6) is 0. The standard InChI is InChI=1S/C13H23BrN2O2/c1-5-11-13(14)12(16(6-2)15-11)7-10(17)8-18-9(3)4/h9-10,17H,5-8H2,1-4H3. The maximum absolute atomic E-state index is 9.99. The Balaban J connectivity index is 2.73. The topological polar surface area (TPSA) is 47.3 Å². The highest BCUT2D eigenvalue weighted by Crippen LogP contribution is 2.23. The van der Waals surface area contributed by atoms with Crippen molar-refractivity contribution < 1.29 is 9.84 Å². The quantitative estimate of drug-likeness (QED) is 0.840. The maximum Gasteiger partial charge on any atom is 0.0829 e. The van der Waals surface area contributed by atoms with Crippen molar-refractivity contribution in [3.63, 3.8) is 0 Å². The van der Waals surface area contributed by atoms with Gasteiger partial charge in [0.2, 0.25) is 0 Å². The van der Waals surface area contributed by atoms with Gasteiger partial charge in [-0.05, 0) is 43.1 Å². The number of aliphatic hydroxyl groups excluding tert-OH is 1. The van der Waals surface area contributed by atoms with Crippen LogP contribution in [-0.4, -0.2) is 33.7 Å². The Morgan fingerprint density at radius 1 is 1.39 bits per heavy atom. The summed E-state index contributed by atoms with van der Waals surface area (Å²) in [6.07, 6.45) is 1.11. The first-order valence-electron chi connectivity index (χ1n) is 6.53. The number of rotatable bonds is 7. The lowest BCUT2D eigenvalue weighted by Crippen LogP contribution is -2.22. The second-order valence-electron chi connectivity index (χ2n) is 4.62. The van der Waals surface area contributed by atoms with Gasteiger partial charge in [-0.1, -0.05) is 6.92 Å². The third-order valence-corrected chi connectivity index (χ3v) is 3.66. The van der Waals surface area contributed by atoms with Crippen molar-refractivity contribution in [2.75, 3.05) is 6.61 Å². The molecule has 0 aliphatic carbocycles. The lowest BCUT2D eigenvalue weighted by Gasteiger charge is -2.14. The monoisotopic (exact) mass is 318 g/mol. The van der Waals surface area contributed by atoms with Crippen LogP contribution in [0.4, 0.5) is 0 Å². The van der Waals surface area contributed by atoms with Crippen LogP contribution in [0.3, 0.4) is 0 Å². The van der Waals surface area contributed by atoms with E-state index < -0.39 is 6.10 Å². The summed E-state index contributed by atoms with van der Waals surface area (Å²) in [7, 11) is 0. The van der Waals surface area contributed by atoms with Crippen molar-refractivity contribution in [2.45, 2.75) is 59.3 Å². The molecule has 0 amide bonds. The minimum absolute atomic E-state index is 0.144. The normalized spacial score (nSPS) is 13.3. The van der Waals surface area contributed by atoms with Gasteiger partial charge in [-0.25, -0.2) is 0 Å². The van der Waals surface area contributed by atoms with Gasteiger partial charge < -0.3 is 9.84 Å². The van der Waals surface area contributed by atoms with Crippen molar-refractivity contribution in [3.8, 4) is 0 Å². The summed E-state index contributed by atoms with van der Waals surface area (Å²) < 4.78 is 8.40. The van der Waals surface area contributed by atoms with E-state index in [1.54, 1.807) is 0 Å². The Morgan fingerprint density at radius 3 is 2.56 bits per heavy atom. The highest BCUT2D eigenvalue weighted by Gasteiger charge is 2.17. The van der Waals surface area contributed by atoms with E-state index in [0.29, 0.717) is 13.0 Å². The van der Waals surface area contributed by atoms with Crippen LogP contribution in [0.1, 0.15) is 39.1 Å². The van der Waals surface area contributed by atoms with Crippen LogP contribution in [0.25, 0.3) is 0 Å². The van der Waals surface area contributed by atoms with Crippen molar-refractivity contribution in [2.24, 2.45) is 0 Å². The number of ether oxygens (including phenoxy) is 1. The van der Waals surface area contributed by atoms with E-state index in [-0.39, 0.29) is 6.10 Å². The fourth-order valence-corrected chi connectivity index (χ4v) is 2.52. The fraction of sp³-hybridized carbons (Fsp3) is 0.769. The Labute approximate surface area is 117 Å². The van der Waals surface area contributed by atoms with Crippen LogP contribution in [-0.2, 0) is 24.1 Å². The summed E-state index contributed by atoms with van der Waals surface area (Å²) in [5, 5.41) is 14.5. The molecule has 1 heterocycles. The first kappa shape index (κ1) is 15.7. The van der Waals surface area contributed by atoms with Crippen molar-refractivity contribution in [1.29, 1.82) is 0 Å². The van der Waals surface area contributed by atoms with Crippen LogP contribution in [0.15, 0.2) is 4.47 Å². The first-order valence-corrected chi connectivity index (χ1v) is 7.32. The molecule has 1 rings (SSSR count). The van der Waals surface area contributed by atoms with Gasteiger partial charge in [0, 0.05) is 13.0 Å². The number of hydrogen-bond acceptors (Lipinski definition) is 3. The molecule has 0 radical (unpaired) electrons. The van der Waals surface area contributed by atoms with E-state index in [1.165, 1.54) is 0 Å². The van der Waals surface area contributed by atoms with Gasteiger partial charge in [0.25, 0.3) is 0 Å². The van der Waals surface area contributed by atoms with Gasteiger partial charge in [-0.3, -0.25) is 4.68 Å². The Kier molecular flexibility index (Phi) is 6.32. The SMILES string of the molecule is CCc1nn(CC)c(CC(O)COC(C)C)c1Br. The summed E-state index contributed by atoms with van der Waals surface area (Å²) in [6, 6.07) is 0. The third kappa shape index (κ3) is 4.07.